The SMILES string of the molecule is COc1cccc(C2/C(=C(/O)c3ccc(OC)c(OC)c3)C(=O)C(=O)N2c2cccc(C)c2)c1. The van der Waals surface area contributed by atoms with Crippen LogP contribution < -0.4 is 19.1 Å². The normalized spacial score (nSPS) is 17.1. The molecule has 0 bridgehead atoms. The molecule has 1 heterocycles. The van der Waals surface area contributed by atoms with Crippen molar-refractivity contribution in [3.63, 3.8) is 0 Å². The second kappa shape index (κ2) is 9.31. The summed E-state index contributed by atoms with van der Waals surface area (Å²) in [7, 11) is 4.53. The van der Waals surface area contributed by atoms with Crippen LogP contribution in [0.5, 0.6) is 17.2 Å². The first-order valence-corrected chi connectivity index (χ1v) is 10.6. The van der Waals surface area contributed by atoms with Crippen molar-refractivity contribution in [3.05, 3.63) is 89.0 Å². The van der Waals surface area contributed by atoms with Crippen molar-refractivity contribution in [3.8, 4) is 17.2 Å². The van der Waals surface area contributed by atoms with Crippen molar-refractivity contribution in [1.29, 1.82) is 0 Å². The first-order valence-electron chi connectivity index (χ1n) is 10.6. The molecule has 3 aromatic carbocycles. The maximum atomic E-state index is 13.3. The van der Waals surface area contributed by atoms with Gasteiger partial charge in [-0.3, -0.25) is 14.5 Å². The number of methoxy groups -OCH3 is 3. The Hall–Kier alpha value is -4.26. The third-order valence-electron chi connectivity index (χ3n) is 5.79. The molecular formula is C27H25NO6. The largest absolute Gasteiger partial charge is 0.507 e. The minimum absolute atomic E-state index is 0.0213. The number of ketones is 1. The fourth-order valence-electron chi connectivity index (χ4n) is 4.14. The van der Waals surface area contributed by atoms with Crippen LogP contribution in [0.3, 0.4) is 0 Å². The molecule has 1 aliphatic heterocycles. The van der Waals surface area contributed by atoms with E-state index in [1.54, 1.807) is 55.6 Å². The number of rotatable bonds is 6. The van der Waals surface area contributed by atoms with E-state index in [0.29, 0.717) is 34.1 Å². The Balaban J connectivity index is 1.96. The van der Waals surface area contributed by atoms with Crippen LogP contribution in [-0.2, 0) is 9.59 Å². The summed E-state index contributed by atoms with van der Waals surface area (Å²) in [5, 5.41) is 11.3. The number of amides is 1. The molecule has 1 fully saturated rings. The lowest BCUT2D eigenvalue weighted by Gasteiger charge is -2.26. The molecule has 1 amide bonds. The predicted molar refractivity (Wildman–Crippen MR) is 129 cm³/mol. The minimum atomic E-state index is -0.856. The number of aliphatic hydroxyl groups excluding tert-OH is 1. The molecule has 0 spiro atoms. The standard InChI is InChI=1S/C27H25NO6/c1-16-7-5-9-19(13-16)28-24(17-8-6-10-20(14-17)32-2)23(26(30)27(28)31)25(29)18-11-12-21(33-3)22(15-18)34-4/h5-15,24,29H,1-4H3/b25-23-. The Morgan fingerprint density at radius 1 is 0.853 bits per heavy atom. The maximum Gasteiger partial charge on any atom is 0.300 e. The van der Waals surface area contributed by atoms with Gasteiger partial charge in [-0.05, 0) is 60.5 Å². The van der Waals surface area contributed by atoms with Crippen LogP contribution in [0.15, 0.2) is 72.3 Å². The van der Waals surface area contributed by atoms with Gasteiger partial charge in [0, 0.05) is 11.3 Å². The Bertz CT molecular complexity index is 1300. The first kappa shape index (κ1) is 22.9. The Kier molecular flexibility index (Phi) is 6.27. The molecule has 1 saturated heterocycles. The molecule has 174 valence electrons. The van der Waals surface area contributed by atoms with Gasteiger partial charge < -0.3 is 19.3 Å². The molecule has 1 atom stereocenters. The number of carbonyl (C=O) groups is 2. The van der Waals surface area contributed by atoms with E-state index in [4.69, 9.17) is 14.2 Å². The maximum absolute atomic E-state index is 13.3. The third kappa shape index (κ3) is 3.96. The summed E-state index contributed by atoms with van der Waals surface area (Å²) in [4.78, 5) is 28.0. The van der Waals surface area contributed by atoms with Crippen molar-refractivity contribution >= 4 is 23.1 Å². The summed E-state index contributed by atoms with van der Waals surface area (Å²) >= 11 is 0. The molecule has 34 heavy (non-hydrogen) atoms. The zero-order valence-electron chi connectivity index (χ0n) is 19.4. The molecule has 1 N–H and O–H groups in total. The van der Waals surface area contributed by atoms with Crippen molar-refractivity contribution in [2.45, 2.75) is 13.0 Å². The quantitative estimate of drug-likeness (QED) is 0.328. The summed E-state index contributed by atoms with van der Waals surface area (Å²) in [6, 6.07) is 18.4. The van der Waals surface area contributed by atoms with E-state index in [0.717, 1.165) is 5.56 Å². The van der Waals surface area contributed by atoms with Crippen LogP contribution in [0.2, 0.25) is 0 Å². The molecule has 0 aliphatic carbocycles. The number of hydrogen-bond donors (Lipinski definition) is 1. The van der Waals surface area contributed by atoms with E-state index >= 15 is 0 Å². The summed E-state index contributed by atoms with van der Waals surface area (Å²) in [5.74, 6) is -0.371. The minimum Gasteiger partial charge on any atom is -0.507 e. The monoisotopic (exact) mass is 459 g/mol. The number of anilines is 1. The zero-order valence-corrected chi connectivity index (χ0v) is 19.4. The van der Waals surface area contributed by atoms with Crippen LogP contribution in [0.25, 0.3) is 5.76 Å². The third-order valence-corrected chi connectivity index (χ3v) is 5.79. The van der Waals surface area contributed by atoms with Crippen LogP contribution in [0.1, 0.15) is 22.7 Å². The van der Waals surface area contributed by atoms with Gasteiger partial charge in [-0.2, -0.15) is 0 Å². The van der Waals surface area contributed by atoms with Crippen molar-refractivity contribution in [2.24, 2.45) is 0 Å². The average Bonchev–Trinajstić information content (AvgIpc) is 3.13. The van der Waals surface area contributed by atoms with E-state index in [2.05, 4.69) is 0 Å². The smallest absolute Gasteiger partial charge is 0.300 e. The molecule has 0 radical (unpaired) electrons. The highest BCUT2D eigenvalue weighted by molar-refractivity contribution is 6.51. The molecule has 0 aromatic heterocycles. The lowest BCUT2D eigenvalue weighted by molar-refractivity contribution is -0.132. The average molecular weight is 459 g/mol. The van der Waals surface area contributed by atoms with E-state index in [-0.39, 0.29) is 11.3 Å². The van der Waals surface area contributed by atoms with Gasteiger partial charge in [0.05, 0.1) is 32.9 Å². The summed E-state index contributed by atoms with van der Waals surface area (Å²) in [6.07, 6.45) is 0. The lowest BCUT2D eigenvalue weighted by Crippen LogP contribution is -2.29. The highest BCUT2D eigenvalue weighted by atomic mass is 16.5. The number of hydrogen-bond acceptors (Lipinski definition) is 6. The molecule has 0 saturated carbocycles. The number of ether oxygens (including phenoxy) is 3. The first-order chi connectivity index (χ1) is 16.4. The Labute approximate surface area is 197 Å². The number of nitrogens with zero attached hydrogens (tertiary/aromatic N) is 1. The molecule has 1 unspecified atom stereocenters. The zero-order chi connectivity index (χ0) is 24.4. The van der Waals surface area contributed by atoms with Crippen molar-refractivity contribution < 1.29 is 28.9 Å². The van der Waals surface area contributed by atoms with E-state index in [1.807, 2.05) is 25.1 Å². The summed E-state index contributed by atoms with van der Waals surface area (Å²) in [6.45, 7) is 1.91. The highest BCUT2D eigenvalue weighted by Crippen LogP contribution is 2.43. The second-order valence-corrected chi connectivity index (χ2v) is 7.85. The second-order valence-electron chi connectivity index (χ2n) is 7.85. The van der Waals surface area contributed by atoms with E-state index in [1.165, 1.54) is 19.1 Å². The number of carbonyl (C=O) groups excluding carboxylic acids is 2. The molecule has 7 nitrogen and oxygen atoms in total. The predicted octanol–water partition coefficient (Wildman–Crippen LogP) is 4.65. The van der Waals surface area contributed by atoms with Crippen LogP contribution in [0.4, 0.5) is 5.69 Å². The summed E-state index contributed by atoms with van der Waals surface area (Å²) in [5.41, 5.74) is 2.42. The Morgan fingerprint density at radius 2 is 1.59 bits per heavy atom. The van der Waals surface area contributed by atoms with E-state index in [9.17, 15) is 14.7 Å². The summed E-state index contributed by atoms with van der Waals surface area (Å²) < 4.78 is 16.0. The molecule has 7 heteroatoms. The number of benzene rings is 3. The van der Waals surface area contributed by atoms with Gasteiger partial charge in [-0.25, -0.2) is 0 Å². The highest BCUT2D eigenvalue weighted by Gasteiger charge is 2.47. The molecule has 3 aromatic rings. The van der Waals surface area contributed by atoms with Crippen LogP contribution >= 0.6 is 0 Å². The van der Waals surface area contributed by atoms with Crippen molar-refractivity contribution in [1.82, 2.24) is 0 Å². The van der Waals surface area contributed by atoms with Gasteiger partial charge in [-0.15, -0.1) is 0 Å². The fourth-order valence-corrected chi connectivity index (χ4v) is 4.14. The number of aryl methyl sites for hydroxylation is 1. The topological polar surface area (TPSA) is 85.3 Å². The van der Waals surface area contributed by atoms with Crippen LogP contribution in [-0.4, -0.2) is 38.1 Å². The van der Waals surface area contributed by atoms with Gasteiger partial charge in [0.15, 0.2) is 11.5 Å². The van der Waals surface area contributed by atoms with Crippen LogP contribution in [0, 0.1) is 6.92 Å². The van der Waals surface area contributed by atoms with Gasteiger partial charge in [0.25, 0.3) is 11.7 Å². The van der Waals surface area contributed by atoms with Gasteiger partial charge in [-0.1, -0.05) is 24.3 Å². The number of Topliss-reactive ketones (excluding diaryl/α,β-unsaturated/α-hetero) is 1. The lowest BCUT2D eigenvalue weighted by atomic mass is 9.94. The number of aliphatic hydroxyl groups is 1. The van der Waals surface area contributed by atoms with Gasteiger partial charge >= 0.3 is 0 Å². The molecular weight excluding hydrogens is 434 g/mol. The Morgan fingerprint density at radius 3 is 2.26 bits per heavy atom. The van der Waals surface area contributed by atoms with Gasteiger partial charge in [0.1, 0.15) is 11.5 Å². The molecule has 4 rings (SSSR count). The fraction of sp³-hybridized carbons (Fsp3) is 0.185. The van der Waals surface area contributed by atoms with Crippen molar-refractivity contribution in [2.75, 3.05) is 26.2 Å². The van der Waals surface area contributed by atoms with E-state index < -0.39 is 17.7 Å². The molecule has 1 aliphatic rings. The van der Waals surface area contributed by atoms with Gasteiger partial charge in [0.2, 0.25) is 0 Å².